The Hall–Kier alpha value is -1.99. The molecule has 0 radical (unpaired) electrons. The average Bonchev–Trinajstić information content (AvgIpc) is 2.97. The maximum Gasteiger partial charge on any atom is 0.258 e. The fourth-order valence-electron chi connectivity index (χ4n) is 1.63. The van der Waals surface area contributed by atoms with Crippen LogP contribution in [0.3, 0.4) is 0 Å². The minimum Gasteiger partial charge on any atom is -0.269 e. The summed E-state index contributed by atoms with van der Waals surface area (Å²) in [6, 6.07) is 3.48. The first-order valence-electron chi connectivity index (χ1n) is 5.24. The third-order valence-electron chi connectivity index (χ3n) is 2.51. The Kier molecular flexibility index (Phi) is 2.92. The van der Waals surface area contributed by atoms with Crippen LogP contribution >= 0.6 is 11.6 Å². The van der Waals surface area contributed by atoms with Crippen LogP contribution < -0.4 is 4.72 Å². The molecule has 0 spiro atoms. The van der Waals surface area contributed by atoms with Gasteiger partial charge in [0.25, 0.3) is 5.91 Å². The van der Waals surface area contributed by atoms with Gasteiger partial charge in [0.1, 0.15) is 5.15 Å². The van der Waals surface area contributed by atoms with Gasteiger partial charge < -0.3 is 0 Å². The summed E-state index contributed by atoms with van der Waals surface area (Å²) in [5.41, 5.74) is 1.63. The maximum atomic E-state index is 11.6. The number of pyridine rings is 1. The van der Waals surface area contributed by atoms with Gasteiger partial charge in [-0.1, -0.05) is 11.6 Å². The van der Waals surface area contributed by atoms with Gasteiger partial charge in [-0.25, -0.2) is 13.9 Å². The van der Waals surface area contributed by atoms with Crippen molar-refractivity contribution in [3.8, 4) is 11.1 Å². The molecule has 2 aromatic rings. The molecule has 0 saturated heterocycles. The number of hydrogen-bond donors (Lipinski definition) is 1. The van der Waals surface area contributed by atoms with Crippen molar-refractivity contribution in [2.24, 2.45) is 0 Å². The minimum absolute atomic E-state index is 0.304. The molecular weight excluding hydrogens is 288 g/mol. The monoisotopic (exact) mass is 294 g/mol. The van der Waals surface area contributed by atoms with Gasteiger partial charge >= 0.3 is 0 Å². The second-order valence-corrected chi connectivity index (χ2v) is 5.31. The van der Waals surface area contributed by atoms with Crippen LogP contribution in [0.4, 0.5) is 0 Å². The third-order valence-corrected chi connectivity index (χ3v) is 3.80. The van der Waals surface area contributed by atoms with E-state index in [1.165, 1.54) is 10.8 Å². The second kappa shape index (κ2) is 4.60. The predicted molar refractivity (Wildman–Crippen MR) is 71.0 cm³/mol. The summed E-state index contributed by atoms with van der Waals surface area (Å²) in [6.45, 7) is 0. The minimum atomic E-state index is -1.56. The largest absolute Gasteiger partial charge is 0.269 e. The Balaban J connectivity index is 1.96. The van der Waals surface area contributed by atoms with E-state index in [1.807, 2.05) is 0 Å². The van der Waals surface area contributed by atoms with E-state index in [9.17, 15) is 9.00 Å². The van der Waals surface area contributed by atoms with Gasteiger partial charge in [0, 0.05) is 29.6 Å². The molecule has 1 amide bonds. The molecule has 0 bridgehead atoms. The Morgan fingerprint density at radius 1 is 1.26 bits per heavy atom. The van der Waals surface area contributed by atoms with Gasteiger partial charge in [0.05, 0.1) is 6.20 Å². The number of hydrogen-bond acceptors (Lipinski definition) is 4. The summed E-state index contributed by atoms with van der Waals surface area (Å²) in [5.74, 6) is -0.390. The summed E-state index contributed by atoms with van der Waals surface area (Å²) in [7, 11) is -1.56. The first-order valence-corrected chi connectivity index (χ1v) is 6.77. The van der Waals surface area contributed by atoms with E-state index in [-0.39, 0.29) is 0 Å². The average molecular weight is 295 g/mol. The van der Waals surface area contributed by atoms with Crippen molar-refractivity contribution < 1.29 is 9.00 Å². The molecule has 1 aliphatic heterocycles. The zero-order valence-electron chi connectivity index (χ0n) is 9.41. The number of carbonyl (C=O) groups excluding carboxylic acids is 1. The Labute approximate surface area is 115 Å². The number of nitrogens with one attached hydrogen (secondary N) is 1. The molecule has 1 aliphatic rings. The lowest BCUT2D eigenvalue weighted by Gasteiger charge is -1.99. The van der Waals surface area contributed by atoms with Gasteiger partial charge in [-0.05, 0) is 12.1 Å². The van der Waals surface area contributed by atoms with E-state index in [4.69, 9.17) is 11.6 Å². The van der Waals surface area contributed by atoms with Gasteiger partial charge in [-0.2, -0.15) is 5.10 Å². The van der Waals surface area contributed by atoms with Crippen LogP contribution in [0.2, 0.25) is 5.15 Å². The zero-order chi connectivity index (χ0) is 13.4. The highest BCUT2D eigenvalue weighted by Crippen LogP contribution is 2.21. The normalized spacial score (nSPS) is 18.3. The fraction of sp³-hybridized carbons (Fsp3) is 0. The first kappa shape index (κ1) is 12.1. The number of amides is 1. The van der Waals surface area contributed by atoms with Crippen molar-refractivity contribution in [3.05, 3.63) is 42.0 Å². The van der Waals surface area contributed by atoms with E-state index >= 15 is 0 Å². The molecule has 3 heterocycles. The number of aromatic nitrogens is 3. The van der Waals surface area contributed by atoms with Gasteiger partial charge in [-0.15, -0.1) is 0 Å². The SMILES string of the molecule is O=C1C=C(n2cc(-c3ccc(Cl)nc3)cn2)S(=O)N1. The molecule has 1 unspecified atom stereocenters. The topological polar surface area (TPSA) is 76.9 Å². The van der Waals surface area contributed by atoms with Crippen LogP contribution in [-0.4, -0.2) is 24.9 Å². The molecule has 1 atom stereocenters. The standard InChI is InChI=1S/C11H7ClN4O2S/c12-9-2-1-7(4-13-9)8-5-14-16(6-8)11-3-10(17)15-19(11)18/h1-6H,(H,15,17). The van der Waals surface area contributed by atoms with E-state index in [0.29, 0.717) is 10.2 Å². The lowest BCUT2D eigenvalue weighted by molar-refractivity contribution is -0.114. The summed E-state index contributed by atoms with van der Waals surface area (Å²) in [6.07, 6.45) is 6.15. The number of carbonyl (C=O) groups is 1. The quantitative estimate of drug-likeness (QED) is 0.844. The molecule has 0 fully saturated rings. The van der Waals surface area contributed by atoms with Crippen molar-refractivity contribution in [2.45, 2.75) is 0 Å². The molecule has 0 aliphatic carbocycles. The molecule has 6 nitrogen and oxygen atoms in total. The number of rotatable bonds is 2. The Morgan fingerprint density at radius 2 is 2.11 bits per heavy atom. The van der Waals surface area contributed by atoms with Crippen molar-refractivity contribution in [3.63, 3.8) is 0 Å². The van der Waals surface area contributed by atoms with Crippen molar-refractivity contribution in [1.82, 2.24) is 19.5 Å². The third kappa shape index (κ3) is 2.29. The van der Waals surface area contributed by atoms with Gasteiger partial charge in [0.2, 0.25) is 0 Å². The Bertz CT molecular complexity index is 708. The summed E-state index contributed by atoms with van der Waals surface area (Å²) in [5, 5.41) is 4.80. The van der Waals surface area contributed by atoms with Crippen LogP contribution in [0.1, 0.15) is 0 Å². The lowest BCUT2D eigenvalue weighted by atomic mass is 10.2. The molecule has 2 aromatic heterocycles. The summed E-state index contributed by atoms with van der Waals surface area (Å²) < 4.78 is 15.3. The van der Waals surface area contributed by atoms with Crippen LogP contribution in [0.5, 0.6) is 0 Å². The number of nitrogens with zero attached hydrogens (tertiary/aromatic N) is 3. The van der Waals surface area contributed by atoms with E-state index in [2.05, 4.69) is 14.8 Å². The van der Waals surface area contributed by atoms with Crippen LogP contribution in [0.25, 0.3) is 16.2 Å². The first-order chi connectivity index (χ1) is 9.13. The molecule has 0 aromatic carbocycles. The summed E-state index contributed by atoms with van der Waals surface area (Å²) in [4.78, 5) is 15.1. The molecule has 0 saturated carbocycles. The molecule has 3 rings (SSSR count). The van der Waals surface area contributed by atoms with E-state index in [1.54, 1.807) is 30.7 Å². The van der Waals surface area contributed by atoms with Crippen molar-refractivity contribution in [2.75, 3.05) is 0 Å². The summed E-state index contributed by atoms with van der Waals surface area (Å²) >= 11 is 5.72. The predicted octanol–water partition coefficient (Wildman–Crippen LogP) is 1.19. The van der Waals surface area contributed by atoms with Crippen molar-refractivity contribution in [1.29, 1.82) is 0 Å². The van der Waals surface area contributed by atoms with E-state index < -0.39 is 16.9 Å². The van der Waals surface area contributed by atoms with Gasteiger partial charge in [-0.3, -0.25) is 9.52 Å². The molecule has 19 heavy (non-hydrogen) atoms. The second-order valence-electron chi connectivity index (χ2n) is 3.76. The highest BCUT2D eigenvalue weighted by molar-refractivity contribution is 7.93. The maximum absolute atomic E-state index is 11.6. The fourth-order valence-corrected chi connectivity index (χ4v) is 2.57. The zero-order valence-corrected chi connectivity index (χ0v) is 11.0. The Morgan fingerprint density at radius 3 is 2.74 bits per heavy atom. The van der Waals surface area contributed by atoms with Crippen molar-refractivity contribution >= 4 is 33.5 Å². The molecule has 96 valence electrons. The highest BCUT2D eigenvalue weighted by atomic mass is 35.5. The molecule has 8 heteroatoms. The highest BCUT2D eigenvalue weighted by Gasteiger charge is 2.21. The van der Waals surface area contributed by atoms with Gasteiger partial charge in [0.15, 0.2) is 16.0 Å². The number of halogens is 1. The van der Waals surface area contributed by atoms with E-state index in [0.717, 1.165) is 11.1 Å². The smallest absolute Gasteiger partial charge is 0.258 e. The van der Waals surface area contributed by atoms with Crippen LogP contribution in [-0.2, 0) is 15.8 Å². The lowest BCUT2D eigenvalue weighted by Crippen LogP contribution is -2.17. The molecule has 1 N–H and O–H groups in total. The van der Waals surface area contributed by atoms with Crippen LogP contribution in [0, 0.1) is 0 Å². The molecular formula is C11H7ClN4O2S. The van der Waals surface area contributed by atoms with Crippen LogP contribution in [0.15, 0.2) is 36.8 Å².